The van der Waals surface area contributed by atoms with Gasteiger partial charge < -0.3 is 9.13 Å². The summed E-state index contributed by atoms with van der Waals surface area (Å²) in [6.07, 6.45) is 0. The number of para-hydroxylation sites is 4. The van der Waals surface area contributed by atoms with Crippen molar-refractivity contribution in [3.05, 3.63) is 157 Å². The number of hydrogen-bond acceptors (Lipinski definition) is 2. The van der Waals surface area contributed by atoms with E-state index in [1.807, 2.05) is 23.5 Å². The Morgan fingerprint density at radius 1 is 0.489 bits per heavy atom. The van der Waals surface area contributed by atoms with Gasteiger partial charge in [-0.15, -0.1) is 11.3 Å². The molecule has 0 aliphatic carbocycles. The van der Waals surface area contributed by atoms with Crippen molar-refractivity contribution >= 4 is 75.1 Å². The second-order valence-electron chi connectivity index (χ2n) is 12.0. The molecule has 3 nitrogen and oxygen atoms in total. The lowest BCUT2D eigenvalue weighted by Gasteiger charge is -2.16. The maximum atomic E-state index is 10.5. The fourth-order valence-electron chi connectivity index (χ4n) is 7.58. The topological polar surface area (TPSA) is 33.6 Å². The van der Waals surface area contributed by atoms with Gasteiger partial charge in [0.05, 0.1) is 33.3 Å². The first-order valence-electron chi connectivity index (χ1n) is 15.8. The van der Waals surface area contributed by atoms with E-state index >= 15 is 0 Å². The highest BCUT2D eigenvalue weighted by Crippen LogP contribution is 2.45. The first-order valence-corrected chi connectivity index (χ1v) is 16.6. The molecule has 10 rings (SSSR count). The molecule has 0 radical (unpaired) electrons. The van der Waals surface area contributed by atoms with Gasteiger partial charge in [-0.3, -0.25) is 0 Å². The fraction of sp³-hybridized carbons (Fsp3) is 0. The standard InChI is InChI=1S/C43H25N3S/c44-26-28-11-10-17-30(42(28)46-36-18-7-4-14-31(36)32-15-5-8-19-37(32)46)27-21-22-35-39(25-27)45(29-12-2-1-3-13-29)38-24-23-34-33-16-6-9-20-40(33)47-43(34)41(35)38/h1-25H. The normalized spacial score (nSPS) is 11.8. The SMILES string of the molecule is N#Cc1cccc(-c2ccc3c4c5sc6ccccc6c5ccc4n(-c4ccccc4)c3c2)c1-n1c2ccccc2c2ccccc21. The highest BCUT2D eigenvalue weighted by Gasteiger charge is 2.21. The highest BCUT2D eigenvalue weighted by atomic mass is 32.1. The van der Waals surface area contributed by atoms with Gasteiger partial charge in [-0.1, -0.05) is 103 Å². The van der Waals surface area contributed by atoms with Crippen LogP contribution in [0.5, 0.6) is 0 Å². The van der Waals surface area contributed by atoms with Crippen molar-refractivity contribution in [2.45, 2.75) is 0 Å². The Labute approximate surface area is 274 Å². The predicted molar refractivity (Wildman–Crippen MR) is 198 cm³/mol. The van der Waals surface area contributed by atoms with Gasteiger partial charge in [0, 0.05) is 53.0 Å². The van der Waals surface area contributed by atoms with Crippen molar-refractivity contribution in [1.82, 2.24) is 9.13 Å². The molecule has 3 heterocycles. The number of hydrogen-bond donors (Lipinski definition) is 0. The molecule has 10 aromatic rings. The summed E-state index contributed by atoms with van der Waals surface area (Å²) in [5.41, 5.74) is 9.27. The lowest BCUT2D eigenvalue weighted by atomic mass is 9.98. The maximum Gasteiger partial charge on any atom is 0.101 e. The predicted octanol–water partition coefficient (Wildman–Crippen LogP) is 11.8. The van der Waals surface area contributed by atoms with Gasteiger partial charge in [0.25, 0.3) is 0 Å². The summed E-state index contributed by atoms with van der Waals surface area (Å²) in [7, 11) is 0. The minimum absolute atomic E-state index is 0.643. The summed E-state index contributed by atoms with van der Waals surface area (Å²) in [4.78, 5) is 0. The van der Waals surface area contributed by atoms with E-state index < -0.39 is 0 Å². The van der Waals surface area contributed by atoms with Crippen molar-refractivity contribution in [3.63, 3.8) is 0 Å². The minimum Gasteiger partial charge on any atom is -0.309 e. The maximum absolute atomic E-state index is 10.5. The molecule has 0 N–H and O–H groups in total. The van der Waals surface area contributed by atoms with E-state index in [9.17, 15) is 5.26 Å². The first-order chi connectivity index (χ1) is 23.3. The monoisotopic (exact) mass is 615 g/mol. The molecule has 218 valence electrons. The molecule has 4 heteroatoms. The number of aromatic nitrogens is 2. The summed E-state index contributed by atoms with van der Waals surface area (Å²) in [5.74, 6) is 0. The first kappa shape index (κ1) is 26.1. The van der Waals surface area contributed by atoms with Crippen LogP contribution >= 0.6 is 11.3 Å². The molecule has 0 bridgehead atoms. The molecule has 0 atom stereocenters. The molecule has 7 aromatic carbocycles. The van der Waals surface area contributed by atoms with Crippen molar-refractivity contribution in [2.24, 2.45) is 0 Å². The summed E-state index contributed by atoms with van der Waals surface area (Å²) in [5, 5.41) is 17.9. The van der Waals surface area contributed by atoms with E-state index in [1.165, 1.54) is 47.2 Å². The number of nitriles is 1. The highest BCUT2D eigenvalue weighted by molar-refractivity contribution is 7.26. The molecule has 0 aliphatic heterocycles. The molecule has 0 amide bonds. The number of nitrogens with zero attached hydrogens (tertiary/aromatic N) is 3. The molecule has 47 heavy (non-hydrogen) atoms. The van der Waals surface area contributed by atoms with Crippen molar-refractivity contribution in [2.75, 3.05) is 0 Å². The van der Waals surface area contributed by atoms with Gasteiger partial charge in [0.2, 0.25) is 0 Å². The quantitative estimate of drug-likeness (QED) is 0.195. The summed E-state index contributed by atoms with van der Waals surface area (Å²) in [6.45, 7) is 0. The van der Waals surface area contributed by atoms with Gasteiger partial charge >= 0.3 is 0 Å². The van der Waals surface area contributed by atoms with Gasteiger partial charge in [-0.05, 0) is 54.1 Å². The third kappa shape index (κ3) is 3.66. The van der Waals surface area contributed by atoms with Crippen molar-refractivity contribution < 1.29 is 0 Å². The number of benzene rings is 7. The van der Waals surface area contributed by atoms with Crippen LogP contribution in [-0.2, 0) is 0 Å². The van der Waals surface area contributed by atoms with Crippen LogP contribution in [0.4, 0.5) is 0 Å². The Bertz CT molecular complexity index is 2860. The molecule has 0 aliphatic rings. The molecule has 0 fully saturated rings. The van der Waals surface area contributed by atoms with E-state index in [2.05, 4.69) is 155 Å². The molecule has 0 saturated carbocycles. The van der Waals surface area contributed by atoms with Crippen LogP contribution in [-0.4, -0.2) is 9.13 Å². The Kier molecular flexibility index (Phi) is 5.51. The zero-order valence-corrected chi connectivity index (χ0v) is 26.0. The number of thiophene rings is 1. The Morgan fingerprint density at radius 2 is 1.17 bits per heavy atom. The van der Waals surface area contributed by atoms with Crippen molar-refractivity contribution in [3.8, 4) is 28.6 Å². The molecular weight excluding hydrogens is 591 g/mol. The third-order valence-corrected chi connectivity index (χ3v) is 10.8. The van der Waals surface area contributed by atoms with Crippen molar-refractivity contribution in [1.29, 1.82) is 5.26 Å². The van der Waals surface area contributed by atoms with Crippen LogP contribution in [0, 0.1) is 11.3 Å². The van der Waals surface area contributed by atoms with Gasteiger partial charge in [-0.2, -0.15) is 5.26 Å². The summed E-state index contributed by atoms with van der Waals surface area (Å²) >= 11 is 1.87. The van der Waals surface area contributed by atoms with E-state index in [0.717, 1.165) is 39.1 Å². The molecule has 0 unspecified atom stereocenters. The minimum atomic E-state index is 0.643. The van der Waals surface area contributed by atoms with E-state index in [-0.39, 0.29) is 0 Å². The zero-order chi connectivity index (χ0) is 31.1. The number of fused-ring (bicyclic) bond motifs is 10. The van der Waals surface area contributed by atoms with Gasteiger partial charge in [0.1, 0.15) is 6.07 Å². The largest absolute Gasteiger partial charge is 0.309 e. The lowest BCUT2D eigenvalue weighted by molar-refractivity contribution is 1.17. The smallest absolute Gasteiger partial charge is 0.101 e. The third-order valence-electron chi connectivity index (χ3n) is 9.56. The zero-order valence-electron chi connectivity index (χ0n) is 25.2. The molecule has 3 aromatic heterocycles. The molecule has 0 saturated heterocycles. The van der Waals surface area contributed by atoms with Crippen LogP contribution in [0.2, 0.25) is 0 Å². The average Bonchev–Trinajstić information content (AvgIpc) is 3.79. The fourth-order valence-corrected chi connectivity index (χ4v) is 8.84. The second kappa shape index (κ2) is 9.92. The van der Waals surface area contributed by atoms with E-state index in [4.69, 9.17) is 0 Å². The van der Waals surface area contributed by atoms with Crippen LogP contribution in [0.3, 0.4) is 0 Å². The Hall–Kier alpha value is -6.15. The van der Waals surface area contributed by atoms with Gasteiger partial charge in [0.15, 0.2) is 0 Å². The van der Waals surface area contributed by atoms with Crippen LogP contribution in [0.15, 0.2) is 152 Å². The van der Waals surface area contributed by atoms with Crippen LogP contribution in [0.1, 0.15) is 5.56 Å². The van der Waals surface area contributed by atoms with Crippen LogP contribution in [0.25, 0.3) is 86.3 Å². The van der Waals surface area contributed by atoms with Crippen LogP contribution < -0.4 is 0 Å². The van der Waals surface area contributed by atoms with E-state index in [0.29, 0.717) is 5.56 Å². The summed E-state index contributed by atoms with van der Waals surface area (Å²) < 4.78 is 7.28. The Morgan fingerprint density at radius 3 is 1.94 bits per heavy atom. The molecule has 0 spiro atoms. The summed E-state index contributed by atoms with van der Waals surface area (Å²) in [6, 6.07) is 56.3. The Balaban J connectivity index is 1.32. The van der Waals surface area contributed by atoms with Gasteiger partial charge in [-0.25, -0.2) is 0 Å². The number of rotatable bonds is 3. The lowest BCUT2D eigenvalue weighted by Crippen LogP contribution is -2.01. The second-order valence-corrected chi connectivity index (χ2v) is 13.1. The van der Waals surface area contributed by atoms with E-state index in [1.54, 1.807) is 0 Å². The average molecular weight is 616 g/mol. The molecular formula is C43H25N3S.